The zero-order valence-electron chi connectivity index (χ0n) is 13.1. The Kier molecular flexibility index (Phi) is 6.52. The molecule has 1 aromatic rings. The van der Waals surface area contributed by atoms with E-state index in [-0.39, 0.29) is 11.6 Å². The van der Waals surface area contributed by atoms with Gasteiger partial charge in [0, 0.05) is 24.9 Å². The zero-order valence-corrected chi connectivity index (χ0v) is 13.1. The van der Waals surface area contributed by atoms with E-state index in [0.717, 1.165) is 32.5 Å². The van der Waals surface area contributed by atoms with Crippen molar-refractivity contribution >= 4 is 0 Å². The highest BCUT2D eigenvalue weighted by molar-refractivity contribution is 5.15. The number of nitrogens with one attached hydrogen (secondary N) is 1. The lowest BCUT2D eigenvalue weighted by Crippen LogP contribution is -2.43. The standard InChI is InChI=1S/C15H29N3O/c1-6-10-16-14(15(5,7-2)19-9-4)13-11-17-18(8-3)12-13/h11-12,14,16H,6-10H2,1-5H3. The van der Waals surface area contributed by atoms with Crippen molar-refractivity contribution in [3.8, 4) is 0 Å². The molecule has 19 heavy (non-hydrogen) atoms. The molecule has 2 unspecified atom stereocenters. The van der Waals surface area contributed by atoms with Gasteiger partial charge in [0.15, 0.2) is 0 Å². The second kappa shape index (κ2) is 7.65. The van der Waals surface area contributed by atoms with E-state index < -0.39 is 0 Å². The Bertz CT molecular complexity index is 364. The Morgan fingerprint density at radius 3 is 2.58 bits per heavy atom. The summed E-state index contributed by atoms with van der Waals surface area (Å²) in [6.45, 7) is 13.3. The molecule has 4 nitrogen and oxygen atoms in total. The average Bonchev–Trinajstić information content (AvgIpc) is 2.88. The predicted molar refractivity (Wildman–Crippen MR) is 79.3 cm³/mol. The molecule has 0 aliphatic rings. The molecule has 110 valence electrons. The fourth-order valence-corrected chi connectivity index (χ4v) is 2.40. The Morgan fingerprint density at radius 1 is 1.37 bits per heavy atom. The fraction of sp³-hybridized carbons (Fsp3) is 0.800. The van der Waals surface area contributed by atoms with Crippen molar-refractivity contribution < 1.29 is 4.74 Å². The third-order valence-corrected chi connectivity index (χ3v) is 3.70. The summed E-state index contributed by atoms with van der Waals surface area (Å²) in [6.07, 6.45) is 6.17. The molecule has 1 aromatic heterocycles. The van der Waals surface area contributed by atoms with Gasteiger partial charge in [0.1, 0.15) is 0 Å². The third-order valence-electron chi connectivity index (χ3n) is 3.70. The maximum Gasteiger partial charge on any atom is 0.0846 e. The second-order valence-corrected chi connectivity index (χ2v) is 5.12. The Morgan fingerprint density at radius 2 is 2.11 bits per heavy atom. The van der Waals surface area contributed by atoms with Crippen LogP contribution < -0.4 is 5.32 Å². The van der Waals surface area contributed by atoms with Crippen LogP contribution >= 0.6 is 0 Å². The van der Waals surface area contributed by atoms with Gasteiger partial charge < -0.3 is 10.1 Å². The number of ether oxygens (including phenoxy) is 1. The van der Waals surface area contributed by atoms with Crippen molar-refractivity contribution in [2.24, 2.45) is 0 Å². The summed E-state index contributed by atoms with van der Waals surface area (Å²) in [4.78, 5) is 0. The van der Waals surface area contributed by atoms with Crippen LogP contribution in [0.5, 0.6) is 0 Å². The highest BCUT2D eigenvalue weighted by atomic mass is 16.5. The summed E-state index contributed by atoms with van der Waals surface area (Å²) < 4.78 is 8.01. The molecule has 0 aromatic carbocycles. The maximum absolute atomic E-state index is 6.04. The van der Waals surface area contributed by atoms with Crippen LogP contribution in [0.2, 0.25) is 0 Å². The lowest BCUT2D eigenvalue weighted by atomic mass is 9.89. The molecule has 1 rings (SSSR count). The summed E-state index contributed by atoms with van der Waals surface area (Å²) in [7, 11) is 0. The van der Waals surface area contributed by atoms with Crippen LogP contribution in [0.3, 0.4) is 0 Å². The van der Waals surface area contributed by atoms with Crippen LogP contribution in [0.15, 0.2) is 12.4 Å². The van der Waals surface area contributed by atoms with Crippen LogP contribution in [0.1, 0.15) is 59.1 Å². The van der Waals surface area contributed by atoms with E-state index >= 15 is 0 Å². The van der Waals surface area contributed by atoms with Gasteiger partial charge >= 0.3 is 0 Å². The first-order valence-corrected chi connectivity index (χ1v) is 7.50. The van der Waals surface area contributed by atoms with Gasteiger partial charge in [-0.2, -0.15) is 5.10 Å². The molecule has 0 amide bonds. The third kappa shape index (κ3) is 4.05. The second-order valence-electron chi connectivity index (χ2n) is 5.12. The molecule has 0 aliphatic carbocycles. The van der Waals surface area contributed by atoms with Gasteiger partial charge in [0.2, 0.25) is 0 Å². The van der Waals surface area contributed by atoms with Crippen molar-refractivity contribution in [3.63, 3.8) is 0 Å². The van der Waals surface area contributed by atoms with Gasteiger partial charge in [-0.25, -0.2) is 0 Å². The Hall–Kier alpha value is -0.870. The molecule has 0 saturated heterocycles. The number of aryl methyl sites for hydroxylation is 1. The molecule has 1 N–H and O–H groups in total. The van der Waals surface area contributed by atoms with Crippen molar-refractivity contribution in [1.29, 1.82) is 0 Å². The molecule has 0 saturated carbocycles. The van der Waals surface area contributed by atoms with E-state index in [9.17, 15) is 0 Å². The number of nitrogens with zero attached hydrogens (tertiary/aromatic N) is 2. The monoisotopic (exact) mass is 267 g/mol. The summed E-state index contributed by atoms with van der Waals surface area (Å²) in [6, 6.07) is 0.192. The molecule has 1 heterocycles. The number of hydrogen-bond acceptors (Lipinski definition) is 3. The van der Waals surface area contributed by atoms with Crippen molar-refractivity contribution in [3.05, 3.63) is 18.0 Å². The molecule has 0 bridgehead atoms. The summed E-state index contributed by atoms with van der Waals surface area (Å²) >= 11 is 0. The molecule has 0 fully saturated rings. The highest BCUT2D eigenvalue weighted by Crippen LogP contribution is 2.32. The first-order chi connectivity index (χ1) is 9.11. The van der Waals surface area contributed by atoms with Gasteiger partial charge in [0.05, 0.1) is 17.8 Å². The Balaban J connectivity index is 2.97. The minimum absolute atomic E-state index is 0.189. The highest BCUT2D eigenvalue weighted by Gasteiger charge is 2.34. The molecule has 2 atom stereocenters. The van der Waals surface area contributed by atoms with Crippen molar-refractivity contribution in [2.75, 3.05) is 13.2 Å². The molecule has 0 radical (unpaired) electrons. The summed E-state index contributed by atoms with van der Waals surface area (Å²) in [5.41, 5.74) is 1.03. The smallest absolute Gasteiger partial charge is 0.0846 e. The molecular formula is C15H29N3O. The van der Waals surface area contributed by atoms with E-state index in [2.05, 4.69) is 51.2 Å². The normalized spacial score (nSPS) is 16.3. The molecular weight excluding hydrogens is 238 g/mol. The Labute approximate surface area is 117 Å². The molecule has 4 heteroatoms. The van der Waals surface area contributed by atoms with Crippen LogP contribution in [0.25, 0.3) is 0 Å². The first-order valence-electron chi connectivity index (χ1n) is 7.50. The van der Waals surface area contributed by atoms with E-state index in [1.807, 2.05) is 10.9 Å². The van der Waals surface area contributed by atoms with Crippen LogP contribution in [-0.4, -0.2) is 28.5 Å². The van der Waals surface area contributed by atoms with Crippen LogP contribution in [0.4, 0.5) is 0 Å². The van der Waals surface area contributed by atoms with E-state index in [1.165, 1.54) is 5.56 Å². The van der Waals surface area contributed by atoms with Gasteiger partial charge in [-0.3, -0.25) is 4.68 Å². The summed E-state index contributed by atoms with van der Waals surface area (Å²) in [5.74, 6) is 0. The maximum atomic E-state index is 6.04. The lowest BCUT2D eigenvalue weighted by molar-refractivity contribution is -0.0563. The van der Waals surface area contributed by atoms with Gasteiger partial charge in [-0.05, 0) is 40.2 Å². The van der Waals surface area contributed by atoms with Crippen molar-refractivity contribution in [1.82, 2.24) is 15.1 Å². The first kappa shape index (κ1) is 16.2. The zero-order chi connectivity index (χ0) is 14.3. The van der Waals surface area contributed by atoms with Gasteiger partial charge in [-0.1, -0.05) is 13.8 Å². The van der Waals surface area contributed by atoms with E-state index in [0.29, 0.717) is 0 Å². The van der Waals surface area contributed by atoms with Gasteiger partial charge in [0.25, 0.3) is 0 Å². The average molecular weight is 267 g/mol. The quantitative estimate of drug-likeness (QED) is 0.747. The van der Waals surface area contributed by atoms with Gasteiger partial charge in [-0.15, -0.1) is 0 Å². The topological polar surface area (TPSA) is 39.1 Å². The predicted octanol–water partition coefficient (Wildman–Crippen LogP) is 3.15. The summed E-state index contributed by atoms with van der Waals surface area (Å²) in [5, 5.41) is 8.01. The molecule has 0 aliphatic heterocycles. The minimum Gasteiger partial charge on any atom is -0.374 e. The largest absolute Gasteiger partial charge is 0.374 e. The lowest BCUT2D eigenvalue weighted by Gasteiger charge is -2.37. The number of hydrogen-bond donors (Lipinski definition) is 1. The van der Waals surface area contributed by atoms with E-state index in [4.69, 9.17) is 4.74 Å². The number of rotatable bonds is 9. The van der Waals surface area contributed by atoms with Crippen LogP contribution in [-0.2, 0) is 11.3 Å². The van der Waals surface area contributed by atoms with E-state index in [1.54, 1.807) is 0 Å². The van der Waals surface area contributed by atoms with Crippen LogP contribution in [0, 0.1) is 0 Å². The SMILES string of the molecule is CCCNC(c1cnn(CC)c1)C(C)(CC)OCC. The fourth-order valence-electron chi connectivity index (χ4n) is 2.40. The van der Waals surface area contributed by atoms with Crippen molar-refractivity contribution in [2.45, 2.75) is 65.6 Å². The molecule has 0 spiro atoms. The number of aromatic nitrogens is 2. The minimum atomic E-state index is -0.189.